The van der Waals surface area contributed by atoms with E-state index in [1.54, 1.807) is 0 Å². The lowest BCUT2D eigenvalue weighted by Gasteiger charge is -2.40. The molecule has 1 unspecified atom stereocenters. The number of hydrogen-bond donors (Lipinski definition) is 1. The highest BCUT2D eigenvalue weighted by Crippen LogP contribution is 2.30. The van der Waals surface area contributed by atoms with Crippen LogP contribution in [0.3, 0.4) is 0 Å². The molecule has 1 aliphatic carbocycles. The highest BCUT2D eigenvalue weighted by molar-refractivity contribution is 4.90. The van der Waals surface area contributed by atoms with Crippen LogP contribution in [0.5, 0.6) is 0 Å². The Morgan fingerprint density at radius 3 is 2.38 bits per heavy atom. The van der Waals surface area contributed by atoms with Crippen molar-refractivity contribution in [2.45, 2.75) is 71.4 Å². The van der Waals surface area contributed by atoms with Gasteiger partial charge < -0.3 is 10.2 Å². The molecule has 2 fully saturated rings. The van der Waals surface area contributed by atoms with E-state index in [0.29, 0.717) is 5.41 Å². The number of rotatable bonds is 8. The fourth-order valence-corrected chi connectivity index (χ4v) is 3.75. The topological polar surface area (TPSA) is 18.5 Å². The molecule has 1 N–H and O–H groups in total. The maximum atomic E-state index is 3.81. The largest absolute Gasteiger partial charge is 0.313 e. The summed E-state index contributed by atoms with van der Waals surface area (Å²) in [5, 5.41) is 3.81. The molecule has 0 aromatic carbocycles. The molecule has 3 nitrogen and oxygen atoms in total. The Morgan fingerprint density at radius 2 is 1.81 bits per heavy atom. The normalized spacial score (nSPS) is 26.0. The molecule has 2 rings (SSSR count). The van der Waals surface area contributed by atoms with Crippen molar-refractivity contribution in [3.8, 4) is 0 Å². The molecule has 21 heavy (non-hydrogen) atoms. The van der Waals surface area contributed by atoms with E-state index in [2.05, 4.69) is 42.9 Å². The maximum Gasteiger partial charge on any atom is 0.0220 e. The van der Waals surface area contributed by atoms with E-state index in [1.807, 2.05) is 0 Å². The summed E-state index contributed by atoms with van der Waals surface area (Å²) in [4.78, 5) is 5.33. The monoisotopic (exact) mass is 295 g/mol. The zero-order chi connectivity index (χ0) is 15.3. The van der Waals surface area contributed by atoms with Crippen LogP contribution in [-0.4, -0.2) is 61.7 Å². The molecule has 2 aliphatic rings. The second-order valence-electron chi connectivity index (χ2n) is 7.51. The van der Waals surface area contributed by atoms with Crippen molar-refractivity contribution in [3.63, 3.8) is 0 Å². The van der Waals surface area contributed by atoms with E-state index >= 15 is 0 Å². The summed E-state index contributed by atoms with van der Waals surface area (Å²) >= 11 is 0. The molecule has 1 aliphatic heterocycles. The Kier molecular flexibility index (Phi) is 6.51. The molecule has 1 saturated heterocycles. The van der Waals surface area contributed by atoms with E-state index in [1.165, 1.54) is 71.2 Å². The van der Waals surface area contributed by atoms with Crippen molar-refractivity contribution >= 4 is 0 Å². The first-order chi connectivity index (χ1) is 10.1. The molecule has 3 heteroatoms. The predicted octanol–water partition coefficient (Wildman–Crippen LogP) is 2.96. The van der Waals surface area contributed by atoms with Gasteiger partial charge in [0.2, 0.25) is 0 Å². The summed E-state index contributed by atoms with van der Waals surface area (Å²) in [5.74, 6) is 0. The Bertz CT molecular complexity index is 297. The first kappa shape index (κ1) is 17.2. The number of nitrogens with zero attached hydrogens (tertiary/aromatic N) is 2. The van der Waals surface area contributed by atoms with Crippen molar-refractivity contribution in [3.05, 3.63) is 0 Å². The van der Waals surface area contributed by atoms with Gasteiger partial charge in [-0.15, -0.1) is 0 Å². The van der Waals surface area contributed by atoms with Gasteiger partial charge in [-0.25, -0.2) is 0 Å². The molecule has 1 saturated carbocycles. The van der Waals surface area contributed by atoms with Gasteiger partial charge in [-0.3, -0.25) is 4.90 Å². The van der Waals surface area contributed by atoms with Crippen molar-refractivity contribution in [1.29, 1.82) is 0 Å². The first-order valence-corrected chi connectivity index (χ1v) is 9.28. The summed E-state index contributed by atoms with van der Waals surface area (Å²) in [6.07, 6.45) is 8.00. The smallest absolute Gasteiger partial charge is 0.0220 e. The van der Waals surface area contributed by atoms with Crippen LogP contribution in [0.1, 0.15) is 59.3 Å². The second kappa shape index (κ2) is 7.94. The van der Waals surface area contributed by atoms with Gasteiger partial charge >= 0.3 is 0 Å². The molecule has 0 aromatic heterocycles. The van der Waals surface area contributed by atoms with Crippen LogP contribution in [0, 0.1) is 5.41 Å². The van der Waals surface area contributed by atoms with Gasteiger partial charge in [0.15, 0.2) is 0 Å². The minimum absolute atomic E-state index is 0.471. The van der Waals surface area contributed by atoms with Crippen LogP contribution in [0.15, 0.2) is 0 Å². The zero-order valence-corrected chi connectivity index (χ0v) is 14.8. The van der Waals surface area contributed by atoms with E-state index < -0.39 is 0 Å². The summed E-state index contributed by atoms with van der Waals surface area (Å²) in [5.41, 5.74) is 0.471. The van der Waals surface area contributed by atoms with E-state index in [0.717, 1.165) is 12.1 Å². The summed E-state index contributed by atoms with van der Waals surface area (Å²) in [6, 6.07) is 1.58. The Labute approximate surface area is 132 Å². The molecule has 0 spiro atoms. The quantitative estimate of drug-likeness (QED) is 0.743. The van der Waals surface area contributed by atoms with Crippen molar-refractivity contribution in [2.24, 2.45) is 5.41 Å². The molecular weight excluding hydrogens is 258 g/mol. The van der Waals surface area contributed by atoms with Crippen LogP contribution in [0.2, 0.25) is 0 Å². The van der Waals surface area contributed by atoms with E-state index in [4.69, 9.17) is 0 Å². The molecule has 0 bridgehead atoms. The molecule has 0 amide bonds. The SMILES string of the molecule is CCC1CN(C)CCCN1CC(CC)(CC)CNC1CC1. The molecular formula is C18H37N3. The van der Waals surface area contributed by atoms with Crippen LogP contribution >= 0.6 is 0 Å². The standard InChI is InChI=1S/C18H37N3/c1-5-17-13-20(4)11-8-12-21(17)15-18(6-2,7-3)14-19-16-9-10-16/h16-17,19H,5-15H2,1-4H3. The predicted molar refractivity (Wildman–Crippen MR) is 91.8 cm³/mol. The average Bonchev–Trinajstić information content (AvgIpc) is 3.32. The maximum absolute atomic E-state index is 3.81. The van der Waals surface area contributed by atoms with Crippen LogP contribution in [0.25, 0.3) is 0 Å². The first-order valence-electron chi connectivity index (χ1n) is 9.28. The summed E-state index contributed by atoms with van der Waals surface area (Å²) in [7, 11) is 2.29. The minimum atomic E-state index is 0.471. The lowest BCUT2D eigenvalue weighted by atomic mass is 9.81. The lowest BCUT2D eigenvalue weighted by molar-refractivity contribution is 0.0953. The molecule has 0 radical (unpaired) electrons. The average molecular weight is 296 g/mol. The molecule has 0 aromatic rings. The molecule has 1 atom stereocenters. The minimum Gasteiger partial charge on any atom is -0.313 e. The Hall–Kier alpha value is -0.120. The highest BCUT2D eigenvalue weighted by Gasteiger charge is 2.34. The third kappa shape index (κ3) is 4.94. The van der Waals surface area contributed by atoms with Crippen molar-refractivity contribution in [1.82, 2.24) is 15.1 Å². The molecule has 1 heterocycles. The molecule has 124 valence electrons. The van der Waals surface area contributed by atoms with Gasteiger partial charge in [-0.2, -0.15) is 0 Å². The van der Waals surface area contributed by atoms with Crippen LogP contribution in [0.4, 0.5) is 0 Å². The van der Waals surface area contributed by atoms with Gasteiger partial charge in [0, 0.05) is 31.7 Å². The fraction of sp³-hybridized carbons (Fsp3) is 1.00. The van der Waals surface area contributed by atoms with Crippen molar-refractivity contribution < 1.29 is 0 Å². The Balaban J connectivity index is 1.98. The second-order valence-corrected chi connectivity index (χ2v) is 7.51. The van der Waals surface area contributed by atoms with Gasteiger partial charge in [-0.1, -0.05) is 20.8 Å². The van der Waals surface area contributed by atoms with E-state index in [-0.39, 0.29) is 0 Å². The zero-order valence-electron chi connectivity index (χ0n) is 14.8. The van der Waals surface area contributed by atoms with Crippen LogP contribution < -0.4 is 5.32 Å². The number of likely N-dealkylation sites (N-methyl/N-ethyl adjacent to an activating group) is 1. The van der Waals surface area contributed by atoms with Crippen LogP contribution in [-0.2, 0) is 0 Å². The number of hydrogen-bond acceptors (Lipinski definition) is 3. The lowest BCUT2D eigenvalue weighted by Crippen LogP contribution is -2.49. The fourth-order valence-electron chi connectivity index (χ4n) is 3.75. The summed E-state index contributed by atoms with van der Waals surface area (Å²) < 4.78 is 0. The highest BCUT2D eigenvalue weighted by atomic mass is 15.2. The third-order valence-corrected chi connectivity index (χ3v) is 5.88. The van der Waals surface area contributed by atoms with Gasteiger partial charge in [0.05, 0.1) is 0 Å². The number of nitrogens with one attached hydrogen (secondary N) is 1. The van der Waals surface area contributed by atoms with Gasteiger partial charge in [0.1, 0.15) is 0 Å². The summed E-state index contributed by atoms with van der Waals surface area (Å²) in [6.45, 7) is 13.4. The third-order valence-electron chi connectivity index (χ3n) is 5.88. The van der Waals surface area contributed by atoms with Crippen molar-refractivity contribution in [2.75, 3.05) is 39.8 Å². The Morgan fingerprint density at radius 1 is 1.10 bits per heavy atom. The van der Waals surface area contributed by atoms with Gasteiger partial charge in [0.25, 0.3) is 0 Å². The van der Waals surface area contributed by atoms with Gasteiger partial charge in [-0.05, 0) is 64.1 Å². The van der Waals surface area contributed by atoms with E-state index in [9.17, 15) is 0 Å².